The highest BCUT2D eigenvalue weighted by atomic mass is 16.5. The second-order valence-electron chi connectivity index (χ2n) is 4.24. The van der Waals surface area contributed by atoms with Gasteiger partial charge in [-0.15, -0.1) is 0 Å². The number of nitrogens with zero attached hydrogens (tertiary/aromatic N) is 1. The van der Waals surface area contributed by atoms with Gasteiger partial charge in [0.15, 0.2) is 0 Å². The molecule has 0 aliphatic rings. The minimum Gasteiger partial charge on any atom is -0.496 e. The fourth-order valence-electron chi connectivity index (χ4n) is 1.77. The number of amides is 1. The molecule has 0 saturated carbocycles. The molecular formula is C13H20N2O3. The van der Waals surface area contributed by atoms with Crippen LogP contribution in [0.3, 0.4) is 0 Å². The van der Waals surface area contributed by atoms with Crippen molar-refractivity contribution in [1.82, 2.24) is 10.4 Å². The molecular weight excluding hydrogens is 232 g/mol. The van der Waals surface area contributed by atoms with Gasteiger partial charge >= 0.3 is 0 Å². The molecule has 0 aliphatic carbocycles. The van der Waals surface area contributed by atoms with Crippen LogP contribution in [0.2, 0.25) is 0 Å². The monoisotopic (exact) mass is 252 g/mol. The molecule has 0 fully saturated rings. The minimum atomic E-state index is -0.224. The summed E-state index contributed by atoms with van der Waals surface area (Å²) >= 11 is 0. The maximum Gasteiger partial charge on any atom is 0.269 e. The molecule has 100 valence electrons. The smallest absolute Gasteiger partial charge is 0.269 e. The van der Waals surface area contributed by atoms with Crippen LogP contribution in [0.25, 0.3) is 0 Å². The third-order valence-corrected chi connectivity index (χ3v) is 2.79. The number of nitrogens with one attached hydrogen (secondary N) is 1. The predicted octanol–water partition coefficient (Wildman–Crippen LogP) is 1.53. The van der Waals surface area contributed by atoms with E-state index in [1.54, 1.807) is 39.4 Å². The van der Waals surface area contributed by atoms with Crippen LogP contribution in [-0.4, -0.2) is 39.2 Å². The van der Waals surface area contributed by atoms with Gasteiger partial charge in [-0.25, -0.2) is 5.01 Å². The van der Waals surface area contributed by atoms with Crippen LogP contribution in [0, 0.1) is 13.8 Å². The Bertz CT molecular complexity index is 456. The van der Waals surface area contributed by atoms with Crippen molar-refractivity contribution in [2.75, 3.05) is 28.3 Å². The molecule has 0 radical (unpaired) electrons. The first kappa shape index (κ1) is 14.3. The fourth-order valence-corrected chi connectivity index (χ4v) is 1.77. The Morgan fingerprint density at radius 3 is 2.22 bits per heavy atom. The normalized spacial score (nSPS) is 10.4. The lowest BCUT2D eigenvalue weighted by Crippen LogP contribution is -2.36. The predicted molar refractivity (Wildman–Crippen MR) is 70.2 cm³/mol. The molecule has 1 rings (SSSR count). The minimum absolute atomic E-state index is 0.224. The molecule has 0 atom stereocenters. The molecule has 1 N–H and O–H groups in total. The van der Waals surface area contributed by atoms with Gasteiger partial charge < -0.3 is 9.47 Å². The Labute approximate surface area is 108 Å². The highest BCUT2D eigenvalue weighted by Gasteiger charge is 2.19. The average molecular weight is 252 g/mol. The summed E-state index contributed by atoms with van der Waals surface area (Å²) in [5.41, 5.74) is 5.03. The van der Waals surface area contributed by atoms with E-state index in [4.69, 9.17) is 9.47 Å². The summed E-state index contributed by atoms with van der Waals surface area (Å²) in [6, 6.07) is 1.69. The van der Waals surface area contributed by atoms with Crippen molar-refractivity contribution in [3.05, 3.63) is 22.8 Å². The van der Waals surface area contributed by atoms with Gasteiger partial charge in [0.2, 0.25) is 0 Å². The number of carbonyl (C=O) groups excluding carboxylic acids is 1. The quantitative estimate of drug-likeness (QED) is 0.826. The van der Waals surface area contributed by atoms with E-state index in [1.165, 1.54) is 0 Å². The molecule has 1 amide bonds. The molecule has 18 heavy (non-hydrogen) atoms. The number of ether oxygens (including phenoxy) is 2. The summed E-state index contributed by atoms with van der Waals surface area (Å²) in [5, 5.41) is 1.59. The van der Waals surface area contributed by atoms with E-state index in [0.717, 1.165) is 11.1 Å². The Balaban J connectivity index is 3.33. The van der Waals surface area contributed by atoms with Crippen LogP contribution >= 0.6 is 0 Å². The number of benzene rings is 1. The highest BCUT2D eigenvalue weighted by Crippen LogP contribution is 2.33. The second-order valence-corrected chi connectivity index (χ2v) is 4.24. The zero-order valence-corrected chi connectivity index (χ0v) is 11.7. The number of hydrazine groups is 1. The Kier molecular flexibility index (Phi) is 4.55. The molecule has 0 saturated heterocycles. The summed E-state index contributed by atoms with van der Waals surface area (Å²) in [7, 11) is 6.65. The fraction of sp³-hybridized carbons (Fsp3) is 0.462. The molecule has 1 aromatic rings. The number of rotatable bonds is 4. The zero-order chi connectivity index (χ0) is 13.9. The summed E-state index contributed by atoms with van der Waals surface area (Å²) in [6.07, 6.45) is 0. The van der Waals surface area contributed by atoms with Crippen LogP contribution in [0.4, 0.5) is 0 Å². The van der Waals surface area contributed by atoms with E-state index in [0.29, 0.717) is 17.1 Å². The maximum atomic E-state index is 12.1. The van der Waals surface area contributed by atoms with Crippen LogP contribution in [-0.2, 0) is 0 Å². The molecule has 0 aliphatic heterocycles. The second kappa shape index (κ2) is 5.73. The van der Waals surface area contributed by atoms with E-state index in [2.05, 4.69) is 5.43 Å². The van der Waals surface area contributed by atoms with Crippen LogP contribution in [0.5, 0.6) is 11.5 Å². The van der Waals surface area contributed by atoms with Crippen molar-refractivity contribution in [3.63, 3.8) is 0 Å². The zero-order valence-electron chi connectivity index (χ0n) is 11.7. The summed E-state index contributed by atoms with van der Waals surface area (Å²) in [5.74, 6) is 1.03. The van der Waals surface area contributed by atoms with Crippen molar-refractivity contribution in [2.45, 2.75) is 13.8 Å². The van der Waals surface area contributed by atoms with E-state index >= 15 is 0 Å². The van der Waals surface area contributed by atoms with E-state index in [1.807, 2.05) is 13.8 Å². The SMILES string of the molecule is COc1cc(C(=O)NN(C)C)c(OC)c(C)c1C. The van der Waals surface area contributed by atoms with Crippen LogP contribution in [0.1, 0.15) is 21.5 Å². The van der Waals surface area contributed by atoms with Gasteiger partial charge in [-0.2, -0.15) is 0 Å². The molecule has 0 aromatic heterocycles. The molecule has 0 bridgehead atoms. The van der Waals surface area contributed by atoms with Crippen molar-refractivity contribution in [2.24, 2.45) is 0 Å². The lowest BCUT2D eigenvalue weighted by molar-refractivity contribution is 0.0853. The Hall–Kier alpha value is -1.75. The number of hydrogen-bond acceptors (Lipinski definition) is 4. The number of hydrogen-bond donors (Lipinski definition) is 1. The third kappa shape index (κ3) is 2.73. The molecule has 0 unspecified atom stereocenters. The topological polar surface area (TPSA) is 50.8 Å². The first-order valence-electron chi connectivity index (χ1n) is 5.62. The first-order chi connectivity index (χ1) is 8.42. The lowest BCUT2D eigenvalue weighted by Gasteiger charge is -2.18. The number of carbonyl (C=O) groups is 1. The van der Waals surface area contributed by atoms with Crippen molar-refractivity contribution >= 4 is 5.91 Å². The van der Waals surface area contributed by atoms with E-state index < -0.39 is 0 Å². The van der Waals surface area contributed by atoms with Gasteiger partial charge in [0.25, 0.3) is 5.91 Å². The average Bonchev–Trinajstić information content (AvgIpc) is 2.31. The Morgan fingerprint density at radius 2 is 1.78 bits per heavy atom. The maximum absolute atomic E-state index is 12.1. The van der Waals surface area contributed by atoms with Gasteiger partial charge in [-0.1, -0.05) is 0 Å². The molecule has 5 nitrogen and oxygen atoms in total. The van der Waals surface area contributed by atoms with Gasteiger partial charge in [0.05, 0.1) is 19.8 Å². The highest BCUT2D eigenvalue weighted by molar-refractivity contribution is 5.97. The van der Waals surface area contributed by atoms with Crippen molar-refractivity contribution < 1.29 is 14.3 Å². The standard InChI is InChI=1S/C13H20N2O3/c1-8-9(2)12(18-6)10(7-11(8)17-5)13(16)14-15(3)4/h7H,1-6H3,(H,14,16). The first-order valence-corrected chi connectivity index (χ1v) is 5.62. The van der Waals surface area contributed by atoms with E-state index in [-0.39, 0.29) is 5.91 Å². The molecule has 0 spiro atoms. The van der Waals surface area contributed by atoms with Crippen LogP contribution in [0.15, 0.2) is 6.07 Å². The van der Waals surface area contributed by atoms with Gasteiger partial charge in [0.1, 0.15) is 11.5 Å². The largest absolute Gasteiger partial charge is 0.496 e. The molecule has 1 aromatic carbocycles. The summed E-state index contributed by atoms with van der Waals surface area (Å²) in [6.45, 7) is 3.84. The number of methoxy groups -OCH3 is 2. The lowest BCUT2D eigenvalue weighted by atomic mass is 10.0. The molecule has 0 heterocycles. The van der Waals surface area contributed by atoms with Crippen LogP contribution < -0.4 is 14.9 Å². The van der Waals surface area contributed by atoms with Crippen molar-refractivity contribution in [3.8, 4) is 11.5 Å². The van der Waals surface area contributed by atoms with Gasteiger partial charge in [-0.3, -0.25) is 10.2 Å². The third-order valence-electron chi connectivity index (χ3n) is 2.79. The van der Waals surface area contributed by atoms with Gasteiger partial charge in [0, 0.05) is 14.1 Å². The summed E-state index contributed by atoms with van der Waals surface area (Å²) < 4.78 is 10.6. The van der Waals surface area contributed by atoms with Crippen molar-refractivity contribution in [1.29, 1.82) is 0 Å². The van der Waals surface area contributed by atoms with E-state index in [9.17, 15) is 4.79 Å². The summed E-state index contributed by atoms with van der Waals surface area (Å²) in [4.78, 5) is 12.1. The molecule has 5 heteroatoms. The van der Waals surface area contributed by atoms with Gasteiger partial charge in [-0.05, 0) is 31.0 Å². The Morgan fingerprint density at radius 1 is 1.17 bits per heavy atom.